The third-order valence-electron chi connectivity index (χ3n) is 5.71. The quantitative estimate of drug-likeness (QED) is 0.514. The predicted octanol–water partition coefficient (Wildman–Crippen LogP) is 2.94. The first kappa shape index (κ1) is 24.8. The van der Waals surface area contributed by atoms with Crippen LogP contribution >= 0.6 is 0 Å². The lowest BCUT2D eigenvalue weighted by Crippen LogP contribution is -2.50. The number of halogens is 1. The summed E-state index contributed by atoms with van der Waals surface area (Å²) < 4.78 is 47.0. The van der Waals surface area contributed by atoms with E-state index < -0.39 is 15.8 Å². The molecule has 4 rings (SSSR count). The van der Waals surface area contributed by atoms with Crippen molar-refractivity contribution in [3.05, 3.63) is 83.9 Å². The molecule has 1 fully saturated rings. The molecule has 0 aliphatic carbocycles. The van der Waals surface area contributed by atoms with Crippen LogP contribution in [0.5, 0.6) is 11.5 Å². The molecule has 1 saturated heterocycles. The van der Waals surface area contributed by atoms with Crippen LogP contribution in [0.15, 0.2) is 71.9 Å². The van der Waals surface area contributed by atoms with Gasteiger partial charge in [0.25, 0.3) is 0 Å². The molecule has 1 amide bonds. The first-order valence-electron chi connectivity index (χ1n) is 11.2. The second-order valence-corrected chi connectivity index (χ2v) is 10.3. The summed E-state index contributed by atoms with van der Waals surface area (Å²) in [5.41, 5.74) is 1.60. The number of amides is 1. The van der Waals surface area contributed by atoms with Crippen molar-refractivity contribution in [2.24, 2.45) is 0 Å². The number of aryl methyl sites for hydroxylation is 1. The van der Waals surface area contributed by atoms with Crippen LogP contribution in [0.2, 0.25) is 0 Å². The van der Waals surface area contributed by atoms with Gasteiger partial charge < -0.3 is 10.1 Å². The monoisotopic (exact) mass is 498 g/mol. The molecule has 1 N–H and O–H groups in total. The van der Waals surface area contributed by atoms with E-state index in [0.29, 0.717) is 37.5 Å². The van der Waals surface area contributed by atoms with Crippen molar-refractivity contribution in [3.8, 4) is 11.5 Å². The lowest BCUT2D eigenvalue weighted by molar-refractivity contribution is -0.122. The summed E-state index contributed by atoms with van der Waals surface area (Å²) in [6.07, 6.45) is 3.09. The van der Waals surface area contributed by atoms with Gasteiger partial charge in [-0.1, -0.05) is 23.8 Å². The fourth-order valence-corrected chi connectivity index (χ4v) is 5.14. The number of aromatic nitrogens is 1. The summed E-state index contributed by atoms with van der Waals surface area (Å²) in [7, 11) is -3.55. The standard InChI is InChI=1S/C25H27FN4O4S/c1-19-4-7-22(8-5-19)35(32,33)30-13-11-29(12-14-30)18-25(31)28-16-20-6-9-24(23(26)15-20)34-21-3-2-10-27-17-21/h2-10,15,17H,11-14,16,18H2,1H3,(H,28,31). The zero-order valence-electron chi connectivity index (χ0n) is 19.4. The van der Waals surface area contributed by atoms with E-state index in [1.165, 1.54) is 22.6 Å². The molecule has 35 heavy (non-hydrogen) atoms. The SMILES string of the molecule is Cc1ccc(S(=O)(=O)N2CCN(CC(=O)NCc3ccc(Oc4cccnc4)c(F)c3)CC2)cc1. The van der Waals surface area contributed by atoms with Crippen LogP contribution in [0.25, 0.3) is 0 Å². The summed E-state index contributed by atoms with van der Waals surface area (Å²) in [6, 6.07) is 14.7. The number of pyridine rings is 1. The van der Waals surface area contributed by atoms with Gasteiger partial charge in [-0.15, -0.1) is 0 Å². The van der Waals surface area contributed by atoms with Crippen LogP contribution in [-0.2, 0) is 21.4 Å². The largest absolute Gasteiger partial charge is 0.453 e. The van der Waals surface area contributed by atoms with E-state index >= 15 is 0 Å². The second kappa shape index (κ2) is 10.9. The maximum Gasteiger partial charge on any atom is 0.243 e. The van der Waals surface area contributed by atoms with Crippen LogP contribution in [0, 0.1) is 12.7 Å². The molecule has 0 unspecified atom stereocenters. The van der Waals surface area contributed by atoms with Gasteiger partial charge in [-0.2, -0.15) is 4.31 Å². The fourth-order valence-electron chi connectivity index (χ4n) is 3.72. The van der Waals surface area contributed by atoms with E-state index in [9.17, 15) is 17.6 Å². The molecule has 0 spiro atoms. The average Bonchev–Trinajstić information content (AvgIpc) is 2.85. The smallest absolute Gasteiger partial charge is 0.243 e. The van der Waals surface area contributed by atoms with Crippen molar-refractivity contribution in [1.29, 1.82) is 0 Å². The fraction of sp³-hybridized carbons (Fsp3) is 0.280. The minimum absolute atomic E-state index is 0.0755. The van der Waals surface area contributed by atoms with Gasteiger partial charge in [0, 0.05) is 38.9 Å². The van der Waals surface area contributed by atoms with Crippen molar-refractivity contribution >= 4 is 15.9 Å². The van der Waals surface area contributed by atoms with E-state index in [0.717, 1.165) is 5.56 Å². The summed E-state index contributed by atoms with van der Waals surface area (Å²) in [4.78, 5) is 18.5. The van der Waals surface area contributed by atoms with Gasteiger partial charge in [0.05, 0.1) is 17.6 Å². The van der Waals surface area contributed by atoms with E-state index in [1.54, 1.807) is 48.7 Å². The number of nitrogens with one attached hydrogen (secondary N) is 1. The van der Waals surface area contributed by atoms with Crippen LogP contribution in [0.1, 0.15) is 11.1 Å². The molecule has 184 valence electrons. The van der Waals surface area contributed by atoms with Crippen molar-refractivity contribution in [3.63, 3.8) is 0 Å². The van der Waals surface area contributed by atoms with Gasteiger partial charge in [-0.25, -0.2) is 12.8 Å². The molecule has 2 heterocycles. The molecule has 0 saturated carbocycles. The number of carbonyl (C=O) groups is 1. The number of carbonyl (C=O) groups excluding carboxylic acids is 1. The number of sulfonamides is 1. The Morgan fingerprint density at radius 2 is 1.83 bits per heavy atom. The maximum atomic E-state index is 14.4. The third-order valence-corrected chi connectivity index (χ3v) is 7.62. The van der Waals surface area contributed by atoms with Crippen LogP contribution in [-0.4, -0.2) is 61.2 Å². The molecule has 3 aromatic rings. The first-order chi connectivity index (χ1) is 16.8. The minimum atomic E-state index is -3.55. The van der Waals surface area contributed by atoms with E-state index in [4.69, 9.17) is 4.74 Å². The molecular weight excluding hydrogens is 471 g/mol. The summed E-state index contributed by atoms with van der Waals surface area (Å²) >= 11 is 0. The van der Waals surface area contributed by atoms with E-state index in [1.807, 2.05) is 11.8 Å². The predicted molar refractivity (Wildman–Crippen MR) is 129 cm³/mol. The highest BCUT2D eigenvalue weighted by molar-refractivity contribution is 7.89. The van der Waals surface area contributed by atoms with Gasteiger partial charge in [-0.05, 0) is 48.9 Å². The topological polar surface area (TPSA) is 91.8 Å². The van der Waals surface area contributed by atoms with Gasteiger partial charge in [0.2, 0.25) is 15.9 Å². The Labute approximate surface area is 204 Å². The Bertz CT molecular complexity index is 1260. The summed E-state index contributed by atoms with van der Waals surface area (Å²) in [5.74, 6) is -0.242. The van der Waals surface area contributed by atoms with Crippen molar-refractivity contribution in [2.75, 3.05) is 32.7 Å². The van der Waals surface area contributed by atoms with Gasteiger partial charge in [0.1, 0.15) is 5.75 Å². The molecule has 1 aromatic heterocycles. The van der Waals surface area contributed by atoms with E-state index in [2.05, 4.69) is 10.3 Å². The number of rotatable bonds is 8. The maximum absolute atomic E-state index is 14.4. The molecule has 0 atom stereocenters. The van der Waals surface area contributed by atoms with Crippen molar-refractivity contribution in [2.45, 2.75) is 18.4 Å². The summed E-state index contributed by atoms with van der Waals surface area (Å²) in [6.45, 7) is 3.75. The molecule has 0 bridgehead atoms. The molecule has 2 aromatic carbocycles. The average molecular weight is 499 g/mol. The zero-order valence-corrected chi connectivity index (χ0v) is 20.2. The number of hydrogen-bond donors (Lipinski definition) is 1. The van der Waals surface area contributed by atoms with Crippen LogP contribution in [0.4, 0.5) is 4.39 Å². The van der Waals surface area contributed by atoms with Gasteiger partial charge in [0.15, 0.2) is 11.6 Å². The Hall–Kier alpha value is -3.34. The lowest BCUT2D eigenvalue weighted by atomic mass is 10.2. The number of nitrogens with zero attached hydrogens (tertiary/aromatic N) is 3. The molecule has 8 nitrogen and oxygen atoms in total. The number of ether oxygens (including phenoxy) is 1. The molecule has 0 radical (unpaired) electrons. The molecule has 1 aliphatic rings. The highest BCUT2D eigenvalue weighted by Crippen LogP contribution is 2.24. The molecular formula is C25H27FN4O4S. The van der Waals surface area contributed by atoms with Crippen LogP contribution < -0.4 is 10.1 Å². The molecule has 1 aliphatic heterocycles. The van der Waals surface area contributed by atoms with Gasteiger partial charge in [-0.3, -0.25) is 14.7 Å². The number of hydrogen-bond acceptors (Lipinski definition) is 6. The van der Waals surface area contributed by atoms with E-state index in [-0.39, 0.29) is 29.6 Å². The highest BCUT2D eigenvalue weighted by atomic mass is 32.2. The van der Waals surface area contributed by atoms with Gasteiger partial charge >= 0.3 is 0 Å². The van der Waals surface area contributed by atoms with Crippen molar-refractivity contribution < 1.29 is 22.3 Å². The Morgan fingerprint density at radius 1 is 1.09 bits per heavy atom. The second-order valence-electron chi connectivity index (χ2n) is 8.33. The van der Waals surface area contributed by atoms with Crippen molar-refractivity contribution in [1.82, 2.24) is 19.5 Å². The Kier molecular flexibility index (Phi) is 7.74. The summed E-state index contributed by atoms with van der Waals surface area (Å²) in [5, 5.41) is 2.79. The van der Waals surface area contributed by atoms with Crippen LogP contribution in [0.3, 0.4) is 0 Å². The number of piperazine rings is 1. The zero-order chi connectivity index (χ0) is 24.8. The third kappa shape index (κ3) is 6.41. The molecule has 10 heteroatoms. The lowest BCUT2D eigenvalue weighted by Gasteiger charge is -2.33. The Balaban J connectivity index is 1.24. The minimum Gasteiger partial charge on any atom is -0.453 e. The first-order valence-corrected chi connectivity index (χ1v) is 12.7. The highest BCUT2D eigenvalue weighted by Gasteiger charge is 2.29. The number of benzene rings is 2. The Morgan fingerprint density at radius 3 is 2.49 bits per heavy atom. The normalized spacial score (nSPS) is 15.0.